The molecule has 120 valence electrons. The number of hydrogen-bond donors (Lipinski definition) is 1. The van der Waals surface area contributed by atoms with E-state index in [-0.39, 0.29) is 11.3 Å². The molecule has 1 aliphatic rings. The Hall–Kier alpha value is -1.98. The van der Waals surface area contributed by atoms with Gasteiger partial charge in [-0.15, -0.1) is 11.8 Å². The molecule has 0 bridgehead atoms. The summed E-state index contributed by atoms with van der Waals surface area (Å²) in [4.78, 5) is 14.0. The number of thioether (sulfide) groups is 1. The van der Waals surface area contributed by atoms with Crippen LogP contribution in [0.15, 0.2) is 54.6 Å². The second-order valence-corrected chi connectivity index (χ2v) is 6.48. The van der Waals surface area contributed by atoms with Crippen molar-refractivity contribution in [1.29, 1.82) is 0 Å². The summed E-state index contributed by atoms with van der Waals surface area (Å²) in [5.41, 5.74) is 1.87. The Balaban J connectivity index is 1.76. The molecule has 0 aromatic heterocycles. The van der Waals surface area contributed by atoms with Gasteiger partial charge in [-0.25, -0.2) is 0 Å². The SMILES string of the molecule is COc1ccc([C@@H]2SCC(=O)N2C[C@@H](O)c2ccccc2)cc1. The fourth-order valence-corrected chi connectivity index (χ4v) is 3.86. The van der Waals surface area contributed by atoms with Crippen molar-refractivity contribution in [2.24, 2.45) is 0 Å². The Kier molecular flexibility index (Phi) is 4.88. The van der Waals surface area contributed by atoms with Crippen LogP contribution in [0.1, 0.15) is 22.6 Å². The number of carbonyl (C=O) groups excluding carboxylic acids is 1. The summed E-state index contributed by atoms with van der Waals surface area (Å²) in [5, 5.41) is 10.4. The molecule has 1 N–H and O–H groups in total. The van der Waals surface area contributed by atoms with Crippen molar-refractivity contribution < 1.29 is 14.6 Å². The number of aliphatic hydroxyl groups is 1. The van der Waals surface area contributed by atoms with Crippen LogP contribution in [0.25, 0.3) is 0 Å². The number of carbonyl (C=O) groups is 1. The lowest BCUT2D eigenvalue weighted by Crippen LogP contribution is -2.32. The summed E-state index contributed by atoms with van der Waals surface area (Å²) in [7, 11) is 1.63. The Morgan fingerprint density at radius 3 is 2.57 bits per heavy atom. The van der Waals surface area contributed by atoms with Gasteiger partial charge in [0, 0.05) is 0 Å². The van der Waals surface area contributed by atoms with Crippen molar-refractivity contribution >= 4 is 17.7 Å². The van der Waals surface area contributed by atoms with E-state index in [2.05, 4.69) is 0 Å². The van der Waals surface area contributed by atoms with E-state index in [0.29, 0.717) is 12.3 Å². The van der Waals surface area contributed by atoms with E-state index < -0.39 is 6.10 Å². The molecule has 1 amide bonds. The highest BCUT2D eigenvalue weighted by Gasteiger charge is 2.34. The molecule has 2 aromatic rings. The molecule has 23 heavy (non-hydrogen) atoms. The first-order valence-electron chi connectivity index (χ1n) is 7.47. The molecule has 0 aliphatic carbocycles. The number of aliphatic hydroxyl groups excluding tert-OH is 1. The maximum Gasteiger partial charge on any atom is 0.233 e. The van der Waals surface area contributed by atoms with Crippen LogP contribution in [0.2, 0.25) is 0 Å². The Morgan fingerprint density at radius 2 is 1.91 bits per heavy atom. The van der Waals surface area contributed by atoms with E-state index in [1.807, 2.05) is 54.6 Å². The minimum absolute atomic E-state index is 0.0609. The maximum absolute atomic E-state index is 12.2. The Labute approximate surface area is 140 Å². The van der Waals surface area contributed by atoms with Gasteiger partial charge in [-0.2, -0.15) is 0 Å². The first kappa shape index (κ1) is 15.9. The molecule has 1 heterocycles. The standard InChI is InChI=1S/C18H19NO3S/c1-22-15-9-7-14(8-10-15)18-19(17(21)12-23-18)11-16(20)13-5-3-2-4-6-13/h2-10,16,18,20H,11-12H2,1H3/t16-,18+/m1/s1. The fourth-order valence-electron chi connectivity index (χ4n) is 2.66. The van der Waals surface area contributed by atoms with E-state index in [0.717, 1.165) is 16.9 Å². The van der Waals surface area contributed by atoms with Gasteiger partial charge in [0.1, 0.15) is 11.1 Å². The summed E-state index contributed by atoms with van der Waals surface area (Å²) in [6.07, 6.45) is -0.681. The Morgan fingerprint density at radius 1 is 1.22 bits per heavy atom. The van der Waals surface area contributed by atoms with E-state index in [1.165, 1.54) is 0 Å². The molecule has 4 nitrogen and oxygen atoms in total. The van der Waals surface area contributed by atoms with E-state index >= 15 is 0 Å². The van der Waals surface area contributed by atoms with Crippen LogP contribution in [-0.4, -0.2) is 35.3 Å². The molecule has 2 atom stereocenters. The van der Waals surface area contributed by atoms with Gasteiger partial charge in [0.15, 0.2) is 0 Å². The molecule has 1 saturated heterocycles. The average molecular weight is 329 g/mol. The monoisotopic (exact) mass is 329 g/mol. The van der Waals surface area contributed by atoms with E-state index in [9.17, 15) is 9.90 Å². The van der Waals surface area contributed by atoms with Gasteiger partial charge in [0.25, 0.3) is 0 Å². The number of benzene rings is 2. The normalized spacial score (nSPS) is 19.0. The molecule has 1 fully saturated rings. The lowest BCUT2D eigenvalue weighted by atomic mass is 10.1. The number of rotatable bonds is 5. The second-order valence-electron chi connectivity index (χ2n) is 5.41. The highest BCUT2D eigenvalue weighted by Crippen LogP contribution is 2.39. The van der Waals surface area contributed by atoms with Crippen LogP contribution < -0.4 is 4.74 Å². The van der Waals surface area contributed by atoms with Crippen molar-refractivity contribution in [2.75, 3.05) is 19.4 Å². The molecule has 0 radical (unpaired) electrons. The number of hydrogen-bond acceptors (Lipinski definition) is 4. The zero-order valence-corrected chi connectivity index (χ0v) is 13.7. The third-order valence-corrected chi connectivity index (χ3v) is 5.18. The maximum atomic E-state index is 12.2. The number of methoxy groups -OCH3 is 1. The third-order valence-electron chi connectivity index (χ3n) is 3.92. The minimum Gasteiger partial charge on any atom is -0.497 e. The summed E-state index contributed by atoms with van der Waals surface area (Å²) >= 11 is 1.59. The molecule has 3 rings (SSSR count). The molecule has 0 unspecified atom stereocenters. The number of nitrogens with zero attached hydrogens (tertiary/aromatic N) is 1. The van der Waals surface area contributed by atoms with Crippen LogP contribution in [0.5, 0.6) is 5.75 Å². The zero-order chi connectivity index (χ0) is 16.2. The van der Waals surface area contributed by atoms with Crippen molar-refractivity contribution in [1.82, 2.24) is 4.90 Å². The van der Waals surface area contributed by atoms with Gasteiger partial charge in [-0.1, -0.05) is 42.5 Å². The van der Waals surface area contributed by atoms with Gasteiger partial charge in [0.05, 0.1) is 25.5 Å². The van der Waals surface area contributed by atoms with E-state index in [1.54, 1.807) is 23.8 Å². The van der Waals surface area contributed by atoms with Gasteiger partial charge in [0.2, 0.25) is 5.91 Å². The topological polar surface area (TPSA) is 49.8 Å². The summed E-state index contributed by atoms with van der Waals surface area (Å²) in [5.74, 6) is 1.29. The number of ether oxygens (including phenoxy) is 1. The summed E-state index contributed by atoms with van der Waals surface area (Å²) < 4.78 is 5.17. The Bertz CT molecular complexity index is 660. The predicted molar refractivity (Wildman–Crippen MR) is 91.3 cm³/mol. The van der Waals surface area contributed by atoms with Gasteiger partial charge in [-0.3, -0.25) is 4.79 Å². The number of β-amino-alcohol motifs (C(OH)–C–C–N with tert-alkyl or cyclic N) is 1. The van der Waals surface area contributed by atoms with E-state index in [4.69, 9.17) is 4.74 Å². The highest BCUT2D eigenvalue weighted by atomic mass is 32.2. The first-order chi connectivity index (χ1) is 11.2. The van der Waals surface area contributed by atoms with Crippen LogP contribution in [-0.2, 0) is 4.79 Å². The molecule has 2 aromatic carbocycles. The van der Waals surface area contributed by atoms with Crippen LogP contribution >= 0.6 is 11.8 Å². The first-order valence-corrected chi connectivity index (χ1v) is 8.52. The molecule has 0 saturated carbocycles. The lowest BCUT2D eigenvalue weighted by Gasteiger charge is -2.27. The average Bonchev–Trinajstić information content (AvgIpc) is 2.96. The highest BCUT2D eigenvalue weighted by molar-refractivity contribution is 8.00. The lowest BCUT2D eigenvalue weighted by molar-refractivity contribution is -0.129. The van der Waals surface area contributed by atoms with Crippen molar-refractivity contribution in [3.8, 4) is 5.75 Å². The second kappa shape index (κ2) is 7.06. The van der Waals surface area contributed by atoms with Crippen molar-refractivity contribution in [3.05, 3.63) is 65.7 Å². The predicted octanol–water partition coefficient (Wildman–Crippen LogP) is 3.00. The quantitative estimate of drug-likeness (QED) is 0.916. The largest absolute Gasteiger partial charge is 0.497 e. The zero-order valence-electron chi connectivity index (χ0n) is 12.9. The fraction of sp³-hybridized carbons (Fsp3) is 0.278. The molecule has 5 heteroatoms. The van der Waals surface area contributed by atoms with Gasteiger partial charge in [-0.05, 0) is 23.3 Å². The summed E-state index contributed by atoms with van der Waals surface area (Å²) in [6, 6.07) is 17.2. The van der Waals surface area contributed by atoms with Crippen molar-refractivity contribution in [2.45, 2.75) is 11.5 Å². The molecular weight excluding hydrogens is 310 g/mol. The molecular formula is C18H19NO3S. The summed E-state index contributed by atoms with van der Waals surface area (Å²) in [6.45, 7) is 0.298. The molecule has 1 aliphatic heterocycles. The van der Waals surface area contributed by atoms with Crippen LogP contribution in [0.3, 0.4) is 0 Å². The van der Waals surface area contributed by atoms with Crippen LogP contribution in [0.4, 0.5) is 0 Å². The number of amides is 1. The van der Waals surface area contributed by atoms with Crippen LogP contribution in [0, 0.1) is 0 Å². The molecule has 0 spiro atoms. The van der Waals surface area contributed by atoms with Crippen molar-refractivity contribution in [3.63, 3.8) is 0 Å². The third kappa shape index (κ3) is 3.51. The smallest absolute Gasteiger partial charge is 0.233 e. The van der Waals surface area contributed by atoms with Gasteiger partial charge >= 0.3 is 0 Å². The minimum atomic E-state index is -0.681. The van der Waals surface area contributed by atoms with Gasteiger partial charge < -0.3 is 14.7 Å².